The second-order valence-corrected chi connectivity index (χ2v) is 5.57. The van der Waals surface area contributed by atoms with Crippen LogP contribution in [0.4, 0.5) is 4.39 Å². The SMILES string of the molecule is CCC(NCC(C)(O)c1ccc(F)cc1)c1cnn(C)c1. The van der Waals surface area contributed by atoms with Crippen molar-refractivity contribution in [2.45, 2.75) is 31.9 Å². The Hall–Kier alpha value is -1.72. The van der Waals surface area contributed by atoms with Gasteiger partial charge in [0.25, 0.3) is 0 Å². The summed E-state index contributed by atoms with van der Waals surface area (Å²) in [5.74, 6) is -0.302. The number of rotatable bonds is 6. The molecule has 1 aromatic carbocycles. The van der Waals surface area contributed by atoms with E-state index in [1.54, 1.807) is 23.7 Å². The average molecular weight is 291 g/mol. The van der Waals surface area contributed by atoms with Gasteiger partial charge >= 0.3 is 0 Å². The molecule has 21 heavy (non-hydrogen) atoms. The van der Waals surface area contributed by atoms with Gasteiger partial charge in [0.1, 0.15) is 5.82 Å². The maximum atomic E-state index is 13.0. The molecular weight excluding hydrogens is 269 g/mol. The van der Waals surface area contributed by atoms with E-state index in [0.717, 1.165) is 12.0 Å². The Kier molecular flexibility index (Phi) is 4.75. The highest BCUT2D eigenvalue weighted by Crippen LogP contribution is 2.22. The lowest BCUT2D eigenvalue weighted by Crippen LogP contribution is -2.37. The summed E-state index contributed by atoms with van der Waals surface area (Å²) in [6.45, 7) is 4.19. The number of aliphatic hydroxyl groups is 1. The van der Waals surface area contributed by atoms with E-state index in [2.05, 4.69) is 17.3 Å². The van der Waals surface area contributed by atoms with Gasteiger partial charge in [-0.1, -0.05) is 19.1 Å². The summed E-state index contributed by atoms with van der Waals surface area (Å²) in [6.07, 6.45) is 4.69. The first kappa shape index (κ1) is 15.7. The predicted molar refractivity (Wildman–Crippen MR) is 80.2 cm³/mol. The van der Waals surface area contributed by atoms with Crippen LogP contribution in [0.1, 0.15) is 37.4 Å². The predicted octanol–water partition coefficient (Wildman–Crippen LogP) is 2.51. The van der Waals surface area contributed by atoms with Crippen molar-refractivity contribution >= 4 is 0 Å². The van der Waals surface area contributed by atoms with E-state index in [4.69, 9.17) is 0 Å². The summed E-state index contributed by atoms with van der Waals surface area (Å²) in [5.41, 5.74) is 0.732. The number of halogens is 1. The number of nitrogens with zero attached hydrogens (tertiary/aromatic N) is 2. The van der Waals surface area contributed by atoms with Crippen LogP contribution in [-0.2, 0) is 12.6 Å². The smallest absolute Gasteiger partial charge is 0.123 e. The Morgan fingerprint density at radius 3 is 2.57 bits per heavy atom. The maximum Gasteiger partial charge on any atom is 0.123 e. The molecule has 0 aliphatic heterocycles. The van der Waals surface area contributed by atoms with Gasteiger partial charge in [-0.15, -0.1) is 0 Å². The van der Waals surface area contributed by atoms with Crippen LogP contribution in [0.2, 0.25) is 0 Å². The van der Waals surface area contributed by atoms with Crippen molar-refractivity contribution in [1.29, 1.82) is 0 Å². The molecule has 0 radical (unpaired) electrons. The van der Waals surface area contributed by atoms with Crippen LogP contribution in [0.5, 0.6) is 0 Å². The summed E-state index contributed by atoms with van der Waals surface area (Å²) in [5, 5.41) is 18.1. The van der Waals surface area contributed by atoms with Crippen molar-refractivity contribution in [3.8, 4) is 0 Å². The van der Waals surface area contributed by atoms with Crippen LogP contribution in [0.15, 0.2) is 36.7 Å². The van der Waals surface area contributed by atoms with E-state index in [0.29, 0.717) is 12.1 Å². The Labute approximate surface area is 124 Å². The van der Waals surface area contributed by atoms with Gasteiger partial charge in [0.05, 0.1) is 11.8 Å². The van der Waals surface area contributed by atoms with Gasteiger partial charge in [0.2, 0.25) is 0 Å². The molecule has 0 aliphatic rings. The van der Waals surface area contributed by atoms with Crippen molar-refractivity contribution in [2.75, 3.05) is 6.54 Å². The van der Waals surface area contributed by atoms with E-state index in [1.807, 2.05) is 19.4 Å². The van der Waals surface area contributed by atoms with Gasteiger partial charge in [0.15, 0.2) is 0 Å². The zero-order valence-corrected chi connectivity index (χ0v) is 12.7. The Bertz CT molecular complexity index is 577. The highest BCUT2D eigenvalue weighted by molar-refractivity contribution is 5.23. The Balaban J connectivity index is 2.04. The number of benzene rings is 1. The molecule has 0 saturated heterocycles. The molecule has 114 valence electrons. The van der Waals surface area contributed by atoms with Gasteiger partial charge in [0, 0.05) is 31.4 Å². The summed E-state index contributed by atoms with van der Waals surface area (Å²) in [6, 6.07) is 6.08. The number of aryl methyl sites for hydroxylation is 1. The number of hydrogen-bond acceptors (Lipinski definition) is 3. The Morgan fingerprint density at radius 2 is 2.05 bits per heavy atom. The molecule has 2 unspecified atom stereocenters. The molecule has 0 bridgehead atoms. The Morgan fingerprint density at radius 1 is 1.38 bits per heavy atom. The van der Waals surface area contributed by atoms with Crippen LogP contribution in [0.3, 0.4) is 0 Å². The van der Waals surface area contributed by atoms with Crippen LogP contribution in [-0.4, -0.2) is 21.4 Å². The van der Waals surface area contributed by atoms with E-state index < -0.39 is 5.60 Å². The number of nitrogens with one attached hydrogen (secondary N) is 1. The number of hydrogen-bond donors (Lipinski definition) is 2. The van der Waals surface area contributed by atoms with Crippen LogP contribution in [0, 0.1) is 5.82 Å². The quantitative estimate of drug-likeness (QED) is 0.860. The minimum Gasteiger partial charge on any atom is -0.384 e. The lowest BCUT2D eigenvalue weighted by Gasteiger charge is -2.27. The minimum atomic E-state index is -1.05. The second-order valence-electron chi connectivity index (χ2n) is 5.57. The third-order valence-corrected chi connectivity index (χ3v) is 3.69. The number of aromatic nitrogens is 2. The highest BCUT2D eigenvalue weighted by atomic mass is 19.1. The van der Waals surface area contributed by atoms with Gasteiger partial charge in [-0.25, -0.2) is 4.39 Å². The molecule has 1 heterocycles. The molecule has 1 aromatic heterocycles. The molecular formula is C16H22FN3O. The second kappa shape index (κ2) is 6.37. The molecule has 0 fully saturated rings. The fourth-order valence-electron chi connectivity index (χ4n) is 2.35. The van der Waals surface area contributed by atoms with Crippen molar-refractivity contribution in [3.63, 3.8) is 0 Å². The molecule has 2 rings (SSSR count). The summed E-state index contributed by atoms with van der Waals surface area (Å²) < 4.78 is 14.7. The van der Waals surface area contributed by atoms with Crippen molar-refractivity contribution in [1.82, 2.24) is 15.1 Å². The summed E-state index contributed by atoms with van der Waals surface area (Å²) >= 11 is 0. The van der Waals surface area contributed by atoms with E-state index in [9.17, 15) is 9.50 Å². The van der Waals surface area contributed by atoms with Crippen molar-refractivity contribution in [2.24, 2.45) is 7.05 Å². The minimum absolute atomic E-state index is 0.130. The van der Waals surface area contributed by atoms with Crippen LogP contribution >= 0.6 is 0 Å². The van der Waals surface area contributed by atoms with Gasteiger partial charge in [-0.2, -0.15) is 5.10 Å². The normalized spacial score (nSPS) is 15.7. The first-order valence-corrected chi connectivity index (χ1v) is 7.12. The van der Waals surface area contributed by atoms with Gasteiger partial charge in [-0.3, -0.25) is 4.68 Å². The molecule has 0 amide bonds. The topological polar surface area (TPSA) is 50.1 Å². The molecule has 2 atom stereocenters. The third-order valence-electron chi connectivity index (χ3n) is 3.69. The van der Waals surface area contributed by atoms with Crippen LogP contribution in [0.25, 0.3) is 0 Å². The van der Waals surface area contributed by atoms with E-state index in [1.165, 1.54) is 12.1 Å². The highest BCUT2D eigenvalue weighted by Gasteiger charge is 2.24. The van der Waals surface area contributed by atoms with Crippen molar-refractivity contribution in [3.05, 3.63) is 53.6 Å². The third kappa shape index (κ3) is 3.89. The molecule has 2 N–H and O–H groups in total. The molecule has 0 aliphatic carbocycles. The van der Waals surface area contributed by atoms with E-state index >= 15 is 0 Å². The molecule has 2 aromatic rings. The molecule has 4 nitrogen and oxygen atoms in total. The lowest BCUT2D eigenvalue weighted by molar-refractivity contribution is 0.0535. The van der Waals surface area contributed by atoms with E-state index in [-0.39, 0.29) is 11.9 Å². The fourth-order valence-corrected chi connectivity index (χ4v) is 2.35. The fraction of sp³-hybridized carbons (Fsp3) is 0.438. The lowest BCUT2D eigenvalue weighted by atomic mass is 9.95. The zero-order chi connectivity index (χ0) is 15.5. The zero-order valence-electron chi connectivity index (χ0n) is 12.7. The summed E-state index contributed by atoms with van der Waals surface area (Å²) in [4.78, 5) is 0. The first-order valence-electron chi connectivity index (χ1n) is 7.12. The maximum absolute atomic E-state index is 13.0. The average Bonchev–Trinajstić information content (AvgIpc) is 2.86. The summed E-state index contributed by atoms with van der Waals surface area (Å²) in [7, 11) is 1.88. The molecule has 5 heteroatoms. The van der Waals surface area contributed by atoms with Gasteiger partial charge in [-0.05, 0) is 31.0 Å². The molecule has 0 saturated carbocycles. The first-order chi connectivity index (χ1) is 9.92. The van der Waals surface area contributed by atoms with Crippen molar-refractivity contribution < 1.29 is 9.50 Å². The molecule has 0 spiro atoms. The standard InChI is InChI=1S/C16H22FN3O/c1-4-15(12-9-19-20(3)10-12)18-11-16(2,21)13-5-7-14(17)8-6-13/h5-10,15,18,21H,4,11H2,1-3H3. The van der Waals surface area contributed by atoms with Gasteiger partial charge < -0.3 is 10.4 Å². The van der Waals surface area contributed by atoms with Crippen LogP contribution < -0.4 is 5.32 Å². The monoisotopic (exact) mass is 291 g/mol. The largest absolute Gasteiger partial charge is 0.384 e.